The van der Waals surface area contributed by atoms with Gasteiger partial charge in [0.25, 0.3) is 0 Å². The normalized spacial score (nSPS) is 17.5. The van der Waals surface area contributed by atoms with Crippen molar-refractivity contribution < 1.29 is 14.2 Å². The van der Waals surface area contributed by atoms with Crippen LogP contribution in [-0.4, -0.2) is 35.5 Å². The van der Waals surface area contributed by atoms with Gasteiger partial charge in [0.15, 0.2) is 0 Å². The Morgan fingerprint density at radius 1 is 1.27 bits per heavy atom. The lowest BCUT2D eigenvalue weighted by molar-refractivity contribution is -0.0617. The molecule has 6 heteroatoms. The quantitative estimate of drug-likeness (QED) is 0.888. The fourth-order valence-corrected chi connectivity index (χ4v) is 3.29. The summed E-state index contributed by atoms with van der Waals surface area (Å²) >= 11 is 1.54. The summed E-state index contributed by atoms with van der Waals surface area (Å²) in [5.74, 6) is -0.244. The molecule has 0 spiro atoms. The minimum Gasteiger partial charge on any atom is -0.388 e. The zero-order chi connectivity index (χ0) is 15.4. The third-order valence-corrected chi connectivity index (χ3v) is 4.77. The van der Waals surface area contributed by atoms with Crippen molar-refractivity contribution in [2.45, 2.75) is 25.0 Å². The van der Waals surface area contributed by atoms with Crippen LogP contribution in [0.5, 0.6) is 0 Å². The molecule has 1 aromatic carbocycles. The molecular weight excluding hydrogens is 303 g/mol. The van der Waals surface area contributed by atoms with E-state index in [1.54, 1.807) is 12.1 Å². The maximum absolute atomic E-state index is 12.9. The Morgan fingerprint density at radius 3 is 2.73 bits per heavy atom. The predicted molar refractivity (Wildman–Crippen MR) is 84.2 cm³/mol. The predicted octanol–water partition coefficient (Wildman–Crippen LogP) is 2.58. The van der Waals surface area contributed by atoms with Crippen molar-refractivity contribution in [1.29, 1.82) is 0 Å². The Balaban J connectivity index is 1.54. The number of rotatable bonds is 5. The number of hydrogen-bond donors (Lipinski definition) is 2. The summed E-state index contributed by atoms with van der Waals surface area (Å²) in [5.41, 5.74) is 1.18. The molecule has 3 rings (SSSR count). The van der Waals surface area contributed by atoms with E-state index >= 15 is 0 Å². The van der Waals surface area contributed by atoms with Crippen LogP contribution in [0.1, 0.15) is 18.5 Å². The van der Waals surface area contributed by atoms with Gasteiger partial charge >= 0.3 is 0 Å². The fraction of sp³-hybridized carbons (Fsp3) is 0.438. The van der Waals surface area contributed by atoms with Crippen LogP contribution < -0.4 is 5.32 Å². The number of nitrogens with one attached hydrogen (secondary N) is 1. The minimum absolute atomic E-state index is 0.244. The summed E-state index contributed by atoms with van der Waals surface area (Å²) in [7, 11) is 0. The highest BCUT2D eigenvalue weighted by molar-refractivity contribution is 7.13. The van der Waals surface area contributed by atoms with Crippen LogP contribution in [0, 0.1) is 5.82 Å². The molecular formula is C16H19FN2O2S. The van der Waals surface area contributed by atoms with Crippen molar-refractivity contribution in [3.8, 4) is 10.6 Å². The Labute approximate surface area is 133 Å². The van der Waals surface area contributed by atoms with E-state index in [9.17, 15) is 9.50 Å². The first-order valence-corrected chi connectivity index (χ1v) is 8.24. The molecule has 22 heavy (non-hydrogen) atoms. The number of halogens is 1. The lowest BCUT2D eigenvalue weighted by Crippen LogP contribution is -2.44. The van der Waals surface area contributed by atoms with E-state index in [4.69, 9.17) is 4.74 Å². The summed E-state index contributed by atoms with van der Waals surface area (Å²) in [4.78, 5) is 4.54. The molecule has 1 aliphatic heterocycles. The summed E-state index contributed by atoms with van der Waals surface area (Å²) in [6.07, 6.45) is 1.33. The standard InChI is InChI=1S/C16H19FN2O2S/c17-13-3-1-12(2-4-13)15-19-14(10-22-15)9-18-11-16(20)5-7-21-8-6-16/h1-4,10,18,20H,5-9,11H2. The topological polar surface area (TPSA) is 54.4 Å². The highest BCUT2D eigenvalue weighted by Gasteiger charge is 2.29. The summed E-state index contributed by atoms with van der Waals surface area (Å²) in [5, 5.41) is 16.5. The zero-order valence-corrected chi connectivity index (χ0v) is 13.0. The summed E-state index contributed by atoms with van der Waals surface area (Å²) in [6.45, 7) is 2.38. The molecule has 1 fully saturated rings. The molecule has 118 valence electrons. The van der Waals surface area contributed by atoms with Crippen LogP contribution in [0.4, 0.5) is 4.39 Å². The van der Waals surface area contributed by atoms with Gasteiger partial charge < -0.3 is 15.2 Å². The number of hydrogen-bond acceptors (Lipinski definition) is 5. The molecule has 2 N–H and O–H groups in total. The van der Waals surface area contributed by atoms with Crippen LogP contribution in [0.15, 0.2) is 29.6 Å². The van der Waals surface area contributed by atoms with Gasteiger partial charge in [-0.05, 0) is 24.3 Å². The molecule has 0 saturated carbocycles. The van der Waals surface area contributed by atoms with Crippen molar-refractivity contribution in [3.05, 3.63) is 41.2 Å². The van der Waals surface area contributed by atoms with Crippen molar-refractivity contribution in [3.63, 3.8) is 0 Å². The van der Waals surface area contributed by atoms with Gasteiger partial charge in [-0.2, -0.15) is 0 Å². The number of ether oxygens (including phenoxy) is 1. The molecule has 2 aromatic rings. The lowest BCUT2D eigenvalue weighted by atomic mass is 9.94. The molecule has 2 heterocycles. The first kappa shape index (κ1) is 15.6. The average Bonchev–Trinajstić information content (AvgIpc) is 2.97. The van der Waals surface area contributed by atoms with Gasteiger partial charge in [0.2, 0.25) is 0 Å². The zero-order valence-electron chi connectivity index (χ0n) is 12.2. The SMILES string of the molecule is OC1(CNCc2csc(-c3ccc(F)cc3)n2)CCOCC1. The number of benzene rings is 1. The van der Waals surface area contributed by atoms with Gasteiger partial charge in [0.1, 0.15) is 10.8 Å². The first-order chi connectivity index (χ1) is 10.6. The Hall–Kier alpha value is -1.34. The third-order valence-electron chi connectivity index (χ3n) is 3.83. The Kier molecular flexibility index (Phi) is 4.83. The van der Waals surface area contributed by atoms with E-state index in [1.807, 2.05) is 5.38 Å². The molecule has 0 radical (unpaired) electrons. The maximum atomic E-state index is 12.9. The fourth-order valence-electron chi connectivity index (χ4n) is 2.46. The molecule has 0 bridgehead atoms. The van der Waals surface area contributed by atoms with E-state index < -0.39 is 5.60 Å². The molecule has 1 aromatic heterocycles. The highest BCUT2D eigenvalue weighted by Crippen LogP contribution is 2.24. The highest BCUT2D eigenvalue weighted by atomic mass is 32.1. The Morgan fingerprint density at radius 2 is 2.00 bits per heavy atom. The van der Waals surface area contributed by atoms with Crippen molar-refractivity contribution in [2.24, 2.45) is 0 Å². The van der Waals surface area contributed by atoms with Crippen molar-refractivity contribution in [2.75, 3.05) is 19.8 Å². The van der Waals surface area contributed by atoms with E-state index in [0.717, 1.165) is 16.3 Å². The summed E-state index contributed by atoms with van der Waals surface area (Å²) in [6, 6.07) is 6.34. The van der Waals surface area contributed by atoms with Gasteiger partial charge in [0.05, 0.1) is 11.3 Å². The van der Waals surface area contributed by atoms with Gasteiger partial charge in [-0.15, -0.1) is 11.3 Å². The monoisotopic (exact) mass is 322 g/mol. The second kappa shape index (κ2) is 6.83. The first-order valence-electron chi connectivity index (χ1n) is 7.36. The second-order valence-electron chi connectivity index (χ2n) is 5.59. The van der Waals surface area contributed by atoms with Crippen molar-refractivity contribution in [1.82, 2.24) is 10.3 Å². The molecule has 0 unspecified atom stereocenters. The lowest BCUT2D eigenvalue weighted by Gasteiger charge is -2.32. The molecule has 1 saturated heterocycles. The smallest absolute Gasteiger partial charge is 0.123 e. The van der Waals surface area contributed by atoms with Gasteiger partial charge in [-0.3, -0.25) is 0 Å². The third kappa shape index (κ3) is 3.89. The molecule has 0 amide bonds. The largest absolute Gasteiger partial charge is 0.388 e. The van der Waals surface area contributed by atoms with E-state index in [2.05, 4.69) is 10.3 Å². The van der Waals surface area contributed by atoms with Crippen LogP contribution in [0.2, 0.25) is 0 Å². The van der Waals surface area contributed by atoms with E-state index in [1.165, 1.54) is 23.5 Å². The van der Waals surface area contributed by atoms with Crippen LogP contribution in [-0.2, 0) is 11.3 Å². The number of thiazole rings is 1. The Bertz CT molecular complexity index is 609. The van der Waals surface area contributed by atoms with E-state index in [-0.39, 0.29) is 5.82 Å². The average molecular weight is 322 g/mol. The number of nitrogens with zero attached hydrogens (tertiary/aromatic N) is 1. The number of aliphatic hydroxyl groups is 1. The van der Waals surface area contributed by atoms with Gasteiger partial charge in [-0.25, -0.2) is 9.37 Å². The maximum Gasteiger partial charge on any atom is 0.123 e. The number of aromatic nitrogens is 1. The van der Waals surface area contributed by atoms with E-state index in [0.29, 0.717) is 39.1 Å². The van der Waals surface area contributed by atoms with Crippen LogP contribution in [0.3, 0.4) is 0 Å². The van der Waals surface area contributed by atoms with Crippen LogP contribution in [0.25, 0.3) is 10.6 Å². The second-order valence-corrected chi connectivity index (χ2v) is 6.45. The summed E-state index contributed by atoms with van der Waals surface area (Å²) < 4.78 is 18.2. The molecule has 1 aliphatic rings. The molecule has 4 nitrogen and oxygen atoms in total. The van der Waals surface area contributed by atoms with Crippen LogP contribution >= 0.6 is 11.3 Å². The molecule has 0 atom stereocenters. The molecule has 0 aliphatic carbocycles. The van der Waals surface area contributed by atoms with Crippen molar-refractivity contribution >= 4 is 11.3 Å². The van der Waals surface area contributed by atoms with Gasteiger partial charge in [-0.1, -0.05) is 0 Å². The minimum atomic E-state index is -0.673. The van der Waals surface area contributed by atoms with Gasteiger partial charge in [0, 0.05) is 50.1 Å².